The van der Waals surface area contributed by atoms with E-state index in [0.29, 0.717) is 24.5 Å². The number of carbonyl (C=O) groups is 1. The predicted molar refractivity (Wildman–Crippen MR) is 107 cm³/mol. The van der Waals surface area contributed by atoms with Gasteiger partial charge in [0.05, 0.1) is 17.1 Å². The Balaban J connectivity index is 1.75. The molecule has 0 radical (unpaired) electrons. The molecule has 0 bridgehead atoms. The number of amides is 1. The molecule has 1 aromatic carbocycles. The number of carbonyl (C=O) groups excluding carboxylic acids is 1. The molecular formula is C21H21F2N5O2. The molecule has 0 saturated heterocycles. The van der Waals surface area contributed by atoms with Crippen molar-refractivity contribution in [3.05, 3.63) is 68.9 Å². The molecule has 4 rings (SSSR count). The average Bonchev–Trinajstić information content (AvgIpc) is 3.04. The van der Waals surface area contributed by atoms with E-state index >= 15 is 0 Å². The van der Waals surface area contributed by atoms with Gasteiger partial charge >= 0.3 is 0 Å². The lowest BCUT2D eigenvalue weighted by atomic mass is 9.97. The highest BCUT2D eigenvalue weighted by atomic mass is 19.1. The van der Waals surface area contributed by atoms with Gasteiger partial charge in [-0.3, -0.25) is 14.2 Å². The summed E-state index contributed by atoms with van der Waals surface area (Å²) < 4.78 is 29.8. The summed E-state index contributed by atoms with van der Waals surface area (Å²) in [5.74, 6) is -2.01. The van der Waals surface area contributed by atoms with Crippen LogP contribution >= 0.6 is 0 Å². The van der Waals surface area contributed by atoms with Crippen molar-refractivity contribution in [2.45, 2.75) is 46.1 Å². The van der Waals surface area contributed by atoms with Crippen LogP contribution in [-0.4, -0.2) is 25.2 Å². The lowest BCUT2D eigenvalue weighted by Crippen LogP contribution is -2.36. The Morgan fingerprint density at radius 2 is 1.93 bits per heavy atom. The second kappa shape index (κ2) is 7.81. The molecule has 3 aromatic rings. The molecule has 1 amide bonds. The number of hydrogen-bond donors (Lipinski definition) is 1. The molecule has 156 valence electrons. The maximum Gasteiger partial charge on any atom is 0.258 e. The Morgan fingerprint density at radius 3 is 2.63 bits per heavy atom. The lowest BCUT2D eigenvalue weighted by Gasteiger charge is -2.20. The molecule has 1 N–H and O–H groups in total. The minimum Gasteiger partial charge on any atom is -0.322 e. The predicted octanol–water partition coefficient (Wildman–Crippen LogP) is 2.84. The van der Waals surface area contributed by atoms with Crippen LogP contribution in [0.15, 0.2) is 29.1 Å². The summed E-state index contributed by atoms with van der Waals surface area (Å²) in [7, 11) is 0. The second-order valence-corrected chi connectivity index (χ2v) is 7.45. The molecule has 1 aliphatic carbocycles. The van der Waals surface area contributed by atoms with Crippen LogP contribution in [0.4, 0.5) is 14.5 Å². The van der Waals surface area contributed by atoms with E-state index in [-0.39, 0.29) is 23.7 Å². The number of nitrogens with one attached hydrogen (secondary N) is 1. The Hall–Kier alpha value is -3.36. The highest BCUT2D eigenvalue weighted by Gasteiger charge is 2.23. The van der Waals surface area contributed by atoms with Crippen molar-refractivity contribution in [3.8, 4) is 5.95 Å². The molecule has 2 aromatic heterocycles. The van der Waals surface area contributed by atoms with E-state index in [9.17, 15) is 18.4 Å². The van der Waals surface area contributed by atoms with Crippen molar-refractivity contribution in [3.63, 3.8) is 0 Å². The van der Waals surface area contributed by atoms with Gasteiger partial charge in [0.1, 0.15) is 18.2 Å². The Labute approximate surface area is 171 Å². The first-order valence-corrected chi connectivity index (χ1v) is 9.74. The van der Waals surface area contributed by atoms with Crippen molar-refractivity contribution >= 4 is 11.6 Å². The topological polar surface area (TPSA) is 81.8 Å². The van der Waals surface area contributed by atoms with Gasteiger partial charge in [-0.2, -0.15) is 5.10 Å². The summed E-state index contributed by atoms with van der Waals surface area (Å²) in [4.78, 5) is 30.5. The SMILES string of the molecule is Cc1cc(C)n(-c2nc3c(c(=O)n2CC(=O)Nc2ccc(F)cc2F)CCCC3)n1. The summed E-state index contributed by atoms with van der Waals surface area (Å²) in [6.45, 7) is 3.29. The number of nitrogens with zero attached hydrogens (tertiary/aromatic N) is 4. The fraction of sp³-hybridized carbons (Fsp3) is 0.333. The highest BCUT2D eigenvalue weighted by molar-refractivity contribution is 5.90. The maximum atomic E-state index is 13.9. The molecule has 0 aliphatic heterocycles. The van der Waals surface area contributed by atoms with E-state index in [4.69, 9.17) is 0 Å². The zero-order valence-corrected chi connectivity index (χ0v) is 16.7. The third kappa shape index (κ3) is 3.74. The van der Waals surface area contributed by atoms with Crippen LogP contribution in [0.5, 0.6) is 0 Å². The van der Waals surface area contributed by atoms with Crippen molar-refractivity contribution in [1.29, 1.82) is 0 Å². The van der Waals surface area contributed by atoms with Gasteiger partial charge in [0.2, 0.25) is 11.9 Å². The summed E-state index contributed by atoms with van der Waals surface area (Å²) >= 11 is 0. The molecule has 7 nitrogen and oxygen atoms in total. The first kappa shape index (κ1) is 19.9. The fourth-order valence-electron chi connectivity index (χ4n) is 3.74. The van der Waals surface area contributed by atoms with Gasteiger partial charge in [-0.05, 0) is 57.7 Å². The van der Waals surface area contributed by atoms with Crippen molar-refractivity contribution < 1.29 is 13.6 Å². The van der Waals surface area contributed by atoms with Gasteiger partial charge < -0.3 is 5.32 Å². The van der Waals surface area contributed by atoms with E-state index in [1.54, 1.807) is 0 Å². The number of anilines is 1. The number of hydrogen-bond acceptors (Lipinski definition) is 4. The molecule has 9 heteroatoms. The Morgan fingerprint density at radius 1 is 1.17 bits per heavy atom. The van der Waals surface area contributed by atoms with Crippen LogP contribution in [0, 0.1) is 25.5 Å². The van der Waals surface area contributed by atoms with Gasteiger partial charge in [-0.1, -0.05) is 0 Å². The summed E-state index contributed by atoms with van der Waals surface area (Å²) in [6, 6.07) is 4.72. The third-order valence-electron chi connectivity index (χ3n) is 5.12. The van der Waals surface area contributed by atoms with Gasteiger partial charge in [0.15, 0.2) is 0 Å². The third-order valence-corrected chi connectivity index (χ3v) is 5.12. The molecular weight excluding hydrogens is 392 g/mol. The average molecular weight is 413 g/mol. The largest absolute Gasteiger partial charge is 0.322 e. The number of aryl methyl sites for hydroxylation is 3. The first-order chi connectivity index (χ1) is 14.3. The summed E-state index contributed by atoms with van der Waals surface area (Å²) in [6.07, 6.45) is 3.14. The van der Waals surface area contributed by atoms with E-state index in [0.717, 1.165) is 42.1 Å². The molecule has 0 saturated carbocycles. The zero-order chi connectivity index (χ0) is 21.4. The van der Waals surface area contributed by atoms with Crippen molar-refractivity contribution in [1.82, 2.24) is 19.3 Å². The fourth-order valence-corrected chi connectivity index (χ4v) is 3.74. The number of rotatable bonds is 4. The van der Waals surface area contributed by atoms with Gasteiger partial charge in [0, 0.05) is 17.3 Å². The molecule has 2 heterocycles. The minimum absolute atomic E-state index is 0.159. The van der Waals surface area contributed by atoms with E-state index in [1.807, 2.05) is 19.9 Å². The van der Waals surface area contributed by atoms with E-state index < -0.39 is 17.5 Å². The normalized spacial score (nSPS) is 13.2. The van der Waals surface area contributed by atoms with Crippen LogP contribution in [-0.2, 0) is 24.2 Å². The van der Waals surface area contributed by atoms with Crippen LogP contribution in [0.3, 0.4) is 0 Å². The van der Waals surface area contributed by atoms with Crippen LogP contribution in [0.2, 0.25) is 0 Å². The number of benzene rings is 1. The van der Waals surface area contributed by atoms with Crippen LogP contribution in [0.25, 0.3) is 5.95 Å². The molecule has 1 aliphatic rings. The molecule has 30 heavy (non-hydrogen) atoms. The van der Waals surface area contributed by atoms with E-state index in [1.165, 1.54) is 9.25 Å². The van der Waals surface area contributed by atoms with Crippen LogP contribution < -0.4 is 10.9 Å². The van der Waals surface area contributed by atoms with Gasteiger partial charge in [-0.15, -0.1) is 0 Å². The first-order valence-electron chi connectivity index (χ1n) is 9.74. The lowest BCUT2D eigenvalue weighted by molar-refractivity contribution is -0.116. The Kier molecular flexibility index (Phi) is 5.19. The Bertz CT molecular complexity index is 1200. The van der Waals surface area contributed by atoms with Gasteiger partial charge in [-0.25, -0.2) is 18.4 Å². The maximum absolute atomic E-state index is 13.9. The summed E-state index contributed by atoms with van der Waals surface area (Å²) in [5.41, 5.74) is 2.41. The minimum atomic E-state index is -0.891. The monoisotopic (exact) mass is 413 g/mol. The number of fused-ring (bicyclic) bond motifs is 1. The molecule has 0 spiro atoms. The molecule has 0 unspecified atom stereocenters. The highest BCUT2D eigenvalue weighted by Crippen LogP contribution is 2.19. The number of halogens is 2. The van der Waals surface area contributed by atoms with Crippen molar-refractivity contribution in [2.24, 2.45) is 0 Å². The quantitative estimate of drug-likeness (QED) is 0.713. The smallest absolute Gasteiger partial charge is 0.258 e. The van der Waals surface area contributed by atoms with Gasteiger partial charge in [0.25, 0.3) is 5.56 Å². The van der Waals surface area contributed by atoms with Crippen molar-refractivity contribution in [2.75, 3.05) is 5.32 Å². The molecule has 0 fully saturated rings. The number of aromatic nitrogens is 4. The van der Waals surface area contributed by atoms with E-state index in [2.05, 4.69) is 15.4 Å². The zero-order valence-electron chi connectivity index (χ0n) is 16.7. The second-order valence-electron chi connectivity index (χ2n) is 7.45. The van der Waals surface area contributed by atoms with Crippen LogP contribution in [0.1, 0.15) is 35.5 Å². The standard InChI is InChI=1S/C21H21F2N5O2/c1-12-9-13(2)28(26-12)21-25-17-6-4-3-5-15(17)20(30)27(21)11-19(29)24-18-8-7-14(22)10-16(18)23/h7-10H,3-6,11H2,1-2H3,(H,24,29). The molecule has 0 atom stereocenters. The summed E-state index contributed by atoms with van der Waals surface area (Å²) in [5, 5.41) is 6.80.